The molecule has 4 nitrogen and oxygen atoms in total. The molecule has 2 N–H and O–H groups in total. The summed E-state index contributed by atoms with van der Waals surface area (Å²) in [5.74, 6) is -0.140. The van der Waals surface area contributed by atoms with Crippen LogP contribution in [0.2, 0.25) is 5.02 Å². The van der Waals surface area contributed by atoms with E-state index in [1.807, 2.05) is 32.0 Å². The van der Waals surface area contributed by atoms with Crippen molar-refractivity contribution in [2.75, 3.05) is 11.9 Å². The van der Waals surface area contributed by atoms with E-state index in [0.717, 1.165) is 16.8 Å². The Labute approximate surface area is 134 Å². The van der Waals surface area contributed by atoms with Crippen LogP contribution in [0.5, 0.6) is 5.75 Å². The first-order valence-corrected chi connectivity index (χ1v) is 7.19. The maximum absolute atomic E-state index is 11.9. The van der Waals surface area contributed by atoms with E-state index >= 15 is 0 Å². The van der Waals surface area contributed by atoms with E-state index in [4.69, 9.17) is 11.6 Å². The molecule has 2 aromatic rings. The lowest BCUT2D eigenvalue weighted by atomic mass is 10.1. The summed E-state index contributed by atoms with van der Waals surface area (Å²) in [5.41, 5.74) is 3.30. The predicted octanol–water partition coefficient (Wildman–Crippen LogP) is 3.72. The molecular formula is C17H17ClN2O2. The average Bonchev–Trinajstić information content (AvgIpc) is 2.47. The van der Waals surface area contributed by atoms with Crippen LogP contribution in [-0.4, -0.2) is 23.8 Å². The minimum atomic E-state index is -0.213. The molecule has 0 heterocycles. The van der Waals surface area contributed by atoms with Gasteiger partial charge in [0.1, 0.15) is 12.3 Å². The summed E-state index contributed by atoms with van der Waals surface area (Å²) in [5, 5.41) is 13.0. The molecule has 0 atom stereocenters. The van der Waals surface area contributed by atoms with E-state index in [9.17, 15) is 9.90 Å². The number of aromatic hydroxyl groups is 1. The summed E-state index contributed by atoms with van der Waals surface area (Å²) in [6, 6.07) is 10.5. The Balaban J connectivity index is 2.01. The Morgan fingerprint density at radius 2 is 1.95 bits per heavy atom. The van der Waals surface area contributed by atoms with Crippen LogP contribution in [0, 0.1) is 13.8 Å². The molecule has 0 saturated heterocycles. The molecule has 0 fully saturated rings. The predicted molar refractivity (Wildman–Crippen MR) is 90.1 cm³/mol. The Morgan fingerprint density at radius 3 is 2.64 bits per heavy atom. The minimum absolute atomic E-state index is 0.0280. The number of anilines is 1. The molecule has 0 aliphatic heterocycles. The van der Waals surface area contributed by atoms with Crippen LogP contribution in [-0.2, 0) is 4.79 Å². The van der Waals surface area contributed by atoms with E-state index in [2.05, 4.69) is 10.3 Å². The lowest BCUT2D eigenvalue weighted by Gasteiger charge is -2.10. The number of rotatable bonds is 4. The fraction of sp³-hybridized carbons (Fsp3) is 0.176. The quantitative estimate of drug-likeness (QED) is 0.844. The SMILES string of the molecule is Cc1cccc(C)c1NC(=O)CN=Cc1cc(Cl)ccc1O. The van der Waals surface area contributed by atoms with Gasteiger partial charge in [0.05, 0.1) is 0 Å². The minimum Gasteiger partial charge on any atom is -0.507 e. The fourth-order valence-electron chi connectivity index (χ4n) is 2.05. The van der Waals surface area contributed by atoms with Gasteiger partial charge in [0.15, 0.2) is 0 Å². The topological polar surface area (TPSA) is 61.7 Å². The first kappa shape index (κ1) is 16.0. The molecular weight excluding hydrogens is 300 g/mol. The maximum Gasteiger partial charge on any atom is 0.246 e. The van der Waals surface area contributed by atoms with Crippen molar-refractivity contribution in [3.63, 3.8) is 0 Å². The van der Waals surface area contributed by atoms with Gasteiger partial charge in [-0.05, 0) is 43.2 Å². The van der Waals surface area contributed by atoms with Crippen molar-refractivity contribution < 1.29 is 9.90 Å². The van der Waals surface area contributed by atoms with Gasteiger partial charge in [0, 0.05) is 22.5 Å². The van der Waals surface area contributed by atoms with E-state index in [-0.39, 0.29) is 18.2 Å². The molecule has 0 aromatic heterocycles. The number of phenols is 1. The zero-order valence-electron chi connectivity index (χ0n) is 12.4. The van der Waals surface area contributed by atoms with Crippen LogP contribution >= 0.6 is 11.6 Å². The van der Waals surface area contributed by atoms with Crippen molar-refractivity contribution in [2.45, 2.75) is 13.8 Å². The number of nitrogens with one attached hydrogen (secondary N) is 1. The normalized spacial score (nSPS) is 10.9. The largest absolute Gasteiger partial charge is 0.507 e. The Hall–Kier alpha value is -2.33. The summed E-state index contributed by atoms with van der Waals surface area (Å²) in [7, 11) is 0. The molecule has 5 heteroatoms. The summed E-state index contributed by atoms with van der Waals surface area (Å²) >= 11 is 5.85. The molecule has 0 saturated carbocycles. The third kappa shape index (κ3) is 4.09. The van der Waals surface area contributed by atoms with Gasteiger partial charge in [0.25, 0.3) is 0 Å². The maximum atomic E-state index is 11.9. The van der Waals surface area contributed by atoms with Gasteiger partial charge in [0.2, 0.25) is 5.91 Å². The van der Waals surface area contributed by atoms with E-state index < -0.39 is 0 Å². The van der Waals surface area contributed by atoms with E-state index in [1.54, 1.807) is 12.1 Å². The van der Waals surface area contributed by atoms with Crippen LogP contribution in [0.4, 0.5) is 5.69 Å². The van der Waals surface area contributed by atoms with Gasteiger partial charge < -0.3 is 10.4 Å². The molecule has 0 unspecified atom stereocenters. The molecule has 114 valence electrons. The second-order valence-electron chi connectivity index (χ2n) is 4.99. The van der Waals surface area contributed by atoms with E-state index in [1.165, 1.54) is 12.3 Å². The number of amides is 1. The summed E-state index contributed by atoms with van der Waals surface area (Å²) in [4.78, 5) is 16.0. The first-order chi connectivity index (χ1) is 10.5. The Kier molecular flexibility index (Phi) is 5.17. The molecule has 2 aromatic carbocycles. The number of benzene rings is 2. The molecule has 0 spiro atoms. The van der Waals surface area contributed by atoms with Gasteiger partial charge >= 0.3 is 0 Å². The molecule has 0 bridgehead atoms. The Morgan fingerprint density at radius 1 is 1.27 bits per heavy atom. The summed E-state index contributed by atoms with van der Waals surface area (Å²) in [6.45, 7) is 3.85. The van der Waals surface area contributed by atoms with Crippen LogP contribution in [0.1, 0.15) is 16.7 Å². The summed E-state index contributed by atoms with van der Waals surface area (Å²) < 4.78 is 0. The van der Waals surface area contributed by atoms with E-state index in [0.29, 0.717) is 10.6 Å². The molecule has 22 heavy (non-hydrogen) atoms. The number of aliphatic imine (C=N–C) groups is 1. The zero-order chi connectivity index (χ0) is 16.1. The number of carbonyl (C=O) groups excluding carboxylic acids is 1. The van der Waals surface area contributed by atoms with Crippen molar-refractivity contribution in [1.29, 1.82) is 0 Å². The number of para-hydroxylation sites is 1. The van der Waals surface area contributed by atoms with Gasteiger partial charge in [-0.25, -0.2) is 0 Å². The molecule has 0 radical (unpaired) electrons. The van der Waals surface area contributed by atoms with Gasteiger partial charge in [-0.15, -0.1) is 0 Å². The van der Waals surface area contributed by atoms with Gasteiger partial charge in [-0.3, -0.25) is 9.79 Å². The lowest BCUT2D eigenvalue weighted by Crippen LogP contribution is -2.16. The van der Waals surface area contributed by atoms with Crippen LogP contribution in [0.3, 0.4) is 0 Å². The highest BCUT2D eigenvalue weighted by Gasteiger charge is 2.06. The highest BCUT2D eigenvalue weighted by molar-refractivity contribution is 6.30. The number of phenolic OH excluding ortho intramolecular Hbond substituents is 1. The van der Waals surface area contributed by atoms with Gasteiger partial charge in [-0.2, -0.15) is 0 Å². The van der Waals surface area contributed by atoms with Crippen LogP contribution in [0.15, 0.2) is 41.4 Å². The lowest BCUT2D eigenvalue weighted by molar-refractivity contribution is -0.114. The highest BCUT2D eigenvalue weighted by Crippen LogP contribution is 2.20. The number of hydrogen-bond acceptors (Lipinski definition) is 3. The highest BCUT2D eigenvalue weighted by atomic mass is 35.5. The first-order valence-electron chi connectivity index (χ1n) is 6.82. The third-order valence-corrected chi connectivity index (χ3v) is 3.44. The third-order valence-electron chi connectivity index (χ3n) is 3.20. The second-order valence-corrected chi connectivity index (χ2v) is 5.42. The monoisotopic (exact) mass is 316 g/mol. The average molecular weight is 317 g/mol. The van der Waals surface area contributed by atoms with Crippen LogP contribution < -0.4 is 5.32 Å². The number of aryl methyl sites for hydroxylation is 2. The Bertz CT molecular complexity index is 706. The number of nitrogens with zero attached hydrogens (tertiary/aromatic N) is 1. The zero-order valence-corrected chi connectivity index (χ0v) is 13.2. The number of hydrogen-bond donors (Lipinski definition) is 2. The standard InChI is InChI=1S/C17H17ClN2O2/c1-11-4-3-5-12(2)17(11)20-16(22)10-19-9-13-8-14(18)6-7-15(13)21/h3-9,21H,10H2,1-2H3,(H,20,22). The van der Waals surface area contributed by atoms with Crippen LogP contribution in [0.25, 0.3) is 0 Å². The molecule has 1 amide bonds. The smallest absolute Gasteiger partial charge is 0.246 e. The van der Waals surface area contributed by atoms with Crippen molar-refractivity contribution >= 4 is 29.4 Å². The number of carbonyl (C=O) groups is 1. The summed E-state index contributed by atoms with van der Waals surface area (Å²) in [6.07, 6.45) is 1.44. The van der Waals surface area contributed by atoms with Crippen molar-refractivity contribution in [1.82, 2.24) is 0 Å². The molecule has 0 aliphatic rings. The number of halogens is 1. The molecule has 0 aliphatic carbocycles. The fourth-order valence-corrected chi connectivity index (χ4v) is 2.23. The second kappa shape index (κ2) is 7.09. The molecule has 2 rings (SSSR count). The van der Waals surface area contributed by atoms with Crippen molar-refractivity contribution in [3.05, 3.63) is 58.1 Å². The van der Waals surface area contributed by atoms with Crippen molar-refractivity contribution in [2.24, 2.45) is 4.99 Å². The van der Waals surface area contributed by atoms with Crippen molar-refractivity contribution in [3.8, 4) is 5.75 Å². The van der Waals surface area contributed by atoms with Gasteiger partial charge in [-0.1, -0.05) is 29.8 Å².